The van der Waals surface area contributed by atoms with Gasteiger partial charge in [0.05, 0.1) is 0 Å². The number of hydrogen-bond acceptors (Lipinski definition) is 3. The molecule has 1 unspecified atom stereocenters. The monoisotopic (exact) mass is 192 g/mol. The maximum Gasteiger partial charge on any atom is 0.438 e. The van der Waals surface area contributed by atoms with Crippen molar-refractivity contribution in [2.75, 3.05) is 0 Å². The van der Waals surface area contributed by atoms with Crippen LogP contribution < -0.4 is 10.7 Å². The van der Waals surface area contributed by atoms with Crippen molar-refractivity contribution < 1.29 is 4.57 Å². The second-order valence-electron chi connectivity index (χ2n) is 2.46. The topological polar surface area (TPSA) is 58.6 Å². The van der Waals surface area contributed by atoms with Gasteiger partial charge in [-0.25, -0.2) is 0 Å². The zero-order valence-corrected chi connectivity index (χ0v) is 7.61. The number of benzene rings is 1. The Balaban J connectivity index is 2.34. The Morgan fingerprint density at radius 3 is 2.62 bits per heavy atom. The van der Waals surface area contributed by atoms with E-state index in [4.69, 9.17) is 0 Å². The van der Waals surface area contributed by atoms with Gasteiger partial charge >= 0.3 is 13.2 Å². The van der Waals surface area contributed by atoms with E-state index in [1.54, 1.807) is 0 Å². The molecule has 1 N–H and O–H groups in total. The Bertz CT molecular complexity index is 399. The van der Waals surface area contributed by atoms with Crippen LogP contribution in [0.2, 0.25) is 0 Å². The second kappa shape index (κ2) is 3.46. The first-order valence-electron chi connectivity index (χ1n) is 3.76. The molecule has 2 rings (SSSR count). The molecule has 4 nitrogen and oxygen atoms in total. The van der Waals surface area contributed by atoms with Crippen LogP contribution in [0.25, 0.3) is 0 Å². The van der Waals surface area contributed by atoms with Crippen LogP contribution in [0.1, 0.15) is 0 Å². The van der Waals surface area contributed by atoms with E-state index in [9.17, 15) is 4.57 Å². The Labute approximate surface area is 75.8 Å². The van der Waals surface area contributed by atoms with Gasteiger partial charge in [-0.15, -0.1) is 5.10 Å². The number of nitrogens with zero attached hydrogens (tertiary/aromatic N) is 2. The van der Waals surface area contributed by atoms with Crippen LogP contribution in [-0.4, -0.2) is 15.4 Å². The number of aromatic nitrogens is 3. The highest BCUT2D eigenvalue weighted by Crippen LogP contribution is 2.16. The largest absolute Gasteiger partial charge is 0.438 e. The summed E-state index contributed by atoms with van der Waals surface area (Å²) in [6.45, 7) is 0. The molecule has 0 spiro atoms. The third-order valence-electron chi connectivity index (χ3n) is 1.60. The molecule has 5 heteroatoms. The minimum absolute atomic E-state index is 0.487. The molecule has 0 radical (unpaired) electrons. The molecule has 0 saturated carbocycles. The fourth-order valence-electron chi connectivity index (χ4n) is 0.989. The number of nitrogens with one attached hydrogen (secondary N) is 1. The highest BCUT2D eigenvalue weighted by molar-refractivity contribution is 7.61. The summed E-state index contributed by atoms with van der Waals surface area (Å²) in [6.07, 6.45) is 1.48. The summed E-state index contributed by atoms with van der Waals surface area (Å²) in [5.41, 5.74) is 0.487. The van der Waals surface area contributed by atoms with Crippen LogP contribution in [-0.2, 0) is 4.57 Å². The van der Waals surface area contributed by atoms with Crippen molar-refractivity contribution in [1.82, 2.24) is 15.4 Å². The van der Waals surface area contributed by atoms with Crippen LogP contribution in [0.3, 0.4) is 0 Å². The molecule has 0 aliphatic carbocycles. The van der Waals surface area contributed by atoms with E-state index < -0.39 is 7.80 Å². The Kier molecular flexibility index (Phi) is 2.15. The lowest BCUT2D eigenvalue weighted by Gasteiger charge is -1.81. The first kappa shape index (κ1) is 8.08. The highest BCUT2D eigenvalue weighted by Gasteiger charge is 2.25. The third kappa shape index (κ3) is 1.63. The first-order chi connectivity index (χ1) is 6.38. The van der Waals surface area contributed by atoms with E-state index in [-0.39, 0.29) is 0 Å². The van der Waals surface area contributed by atoms with E-state index in [2.05, 4.69) is 15.4 Å². The fourth-order valence-corrected chi connectivity index (χ4v) is 1.99. The SMILES string of the molecule is O=[P+](c1ccccc1)c1cn[nH]n1. The van der Waals surface area contributed by atoms with Gasteiger partial charge in [0.2, 0.25) is 0 Å². The maximum atomic E-state index is 11.7. The number of rotatable bonds is 2. The summed E-state index contributed by atoms with van der Waals surface area (Å²) in [7, 11) is -1.59. The zero-order valence-electron chi connectivity index (χ0n) is 6.71. The molecule has 64 valence electrons. The van der Waals surface area contributed by atoms with E-state index in [0.29, 0.717) is 5.44 Å². The van der Waals surface area contributed by atoms with Crippen LogP contribution >= 0.6 is 7.80 Å². The molecule has 0 bridgehead atoms. The number of H-pyrrole nitrogens is 1. The summed E-state index contributed by atoms with van der Waals surface area (Å²) in [6, 6.07) is 9.21. The summed E-state index contributed by atoms with van der Waals surface area (Å²) in [4.78, 5) is 0. The maximum absolute atomic E-state index is 11.7. The quantitative estimate of drug-likeness (QED) is 0.708. The van der Waals surface area contributed by atoms with Crippen molar-refractivity contribution in [2.45, 2.75) is 0 Å². The molecule has 0 aliphatic heterocycles. The Hall–Kier alpha value is -1.54. The molecule has 0 fully saturated rings. The smallest absolute Gasteiger partial charge is 0.194 e. The summed E-state index contributed by atoms with van der Waals surface area (Å²) < 4.78 is 11.7. The predicted octanol–water partition coefficient (Wildman–Crippen LogP) is 0.583. The number of hydrogen-bond donors (Lipinski definition) is 1. The normalized spacial score (nSPS) is 11.2. The van der Waals surface area contributed by atoms with Gasteiger partial charge < -0.3 is 0 Å². The minimum atomic E-state index is -1.59. The van der Waals surface area contributed by atoms with Gasteiger partial charge in [0, 0.05) is 0 Å². The zero-order chi connectivity index (χ0) is 9.10. The highest BCUT2D eigenvalue weighted by atomic mass is 31.1. The van der Waals surface area contributed by atoms with E-state index in [1.165, 1.54) is 6.20 Å². The molecule has 0 amide bonds. The molecule has 1 atom stereocenters. The molecule has 1 aromatic carbocycles. The molecule has 0 saturated heterocycles. The Morgan fingerprint density at radius 1 is 1.23 bits per heavy atom. The fraction of sp³-hybridized carbons (Fsp3) is 0. The van der Waals surface area contributed by atoms with Gasteiger partial charge in [0.25, 0.3) is 0 Å². The second-order valence-corrected chi connectivity index (χ2v) is 4.02. The van der Waals surface area contributed by atoms with Gasteiger partial charge in [-0.05, 0) is 12.1 Å². The molecule has 13 heavy (non-hydrogen) atoms. The third-order valence-corrected chi connectivity index (χ3v) is 3.00. The minimum Gasteiger partial charge on any atom is -0.194 e. The van der Waals surface area contributed by atoms with E-state index in [0.717, 1.165) is 5.30 Å². The average molecular weight is 192 g/mol. The summed E-state index contributed by atoms with van der Waals surface area (Å²) in [5.74, 6) is 0. The lowest BCUT2D eigenvalue weighted by atomic mass is 10.4. The van der Waals surface area contributed by atoms with E-state index >= 15 is 0 Å². The van der Waals surface area contributed by atoms with Crippen molar-refractivity contribution in [3.05, 3.63) is 36.5 Å². The lowest BCUT2D eigenvalue weighted by Crippen LogP contribution is -2.06. The van der Waals surface area contributed by atoms with Crippen molar-refractivity contribution in [3.8, 4) is 0 Å². The molecule has 1 aromatic heterocycles. The molecule has 0 aliphatic rings. The van der Waals surface area contributed by atoms with Crippen molar-refractivity contribution >= 4 is 18.5 Å². The van der Waals surface area contributed by atoms with Crippen LogP contribution in [0.15, 0.2) is 36.5 Å². The van der Waals surface area contributed by atoms with Crippen molar-refractivity contribution in [3.63, 3.8) is 0 Å². The van der Waals surface area contributed by atoms with Gasteiger partial charge in [-0.1, -0.05) is 22.8 Å². The van der Waals surface area contributed by atoms with Crippen molar-refractivity contribution in [1.29, 1.82) is 0 Å². The van der Waals surface area contributed by atoms with Gasteiger partial charge in [-0.2, -0.15) is 10.3 Å². The molecular formula is C8H7N3OP+. The van der Waals surface area contributed by atoms with Gasteiger partial charge in [-0.3, -0.25) is 0 Å². The lowest BCUT2D eigenvalue weighted by molar-refractivity contribution is 0.597. The summed E-state index contributed by atoms with van der Waals surface area (Å²) in [5, 5.41) is 10.6. The van der Waals surface area contributed by atoms with Crippen molar-refractivity contribution in [2.24, 2.45) is 0 Å². The standard InChI is InChI=1S/C8H7N3OP/c12-13(8-6-9-11-10-8)7-4-2-1-3-5-7/h1-6H,(H,9,10,11)/q+1. The first-order valence-corrected chi connectivity index (χ1v) is 5.02. The van der Waals surface area contributed by atoms with E-state index in [1.807, 2.05) is 30.3 Å². The predicted molar refractivity (Wildman–Crippen MR) is 49.7 cm³/mol. The Morgan fingerprint density at radius 2 is 2.00 bits per heavy atom. The molecule has 2 aromatic rings. The average Bonchev–Trinajstić information content (AvgIpc) is 2.71. The van der Waals surface area contributed by atoms with Crippen LogP contribution in [0.5, 0.6) is 0 Å². The molecular weight excluding hydrogens is 185 g/mol. The van der Waals surface area contributed by atoms with Gasteiger partial charge in [0.1, 0.15) is 6.20 Å². The van der Waals surface area contributed by atoms with Gasteiger partial charge in [0.15, 0.2) is 5.30 Å². The number of aromatic amines is 1. The van der Waals surface area contributed by atoms with Crippen LogP contribution in [0, 0.1) is 0 Å². The van der Waals surface area contributed by atoms with Crippen LogP contribution in [0.4, 0.5) is 0 Å². The summed E-state index contributed by atoms with van der Waals surface area (Å²) >= 11 is 0. The molecule has 1 heterocycles.